The van der Waals surface area contributed by atoms with E-state index in [1.54, 1.807) is 17.8 Å². The molecule has 0 unspecified atom stereocenters. The lowest BCUT2D eigenvalue weighted by atomic mass is 9.98. The second kappa shape index (κ2) is 6.48. The summed E-state index contributed by atoms with van der Waals surface area (Å²) in [5, 5.41) is 19.5. The van der Waals surface area contributed by atoms with E-state index in [0.29, 0.717) is 11.3 Å². The van der Waals surface area contributed by atoms with Gasteiger partial charge in [0.2, 0.25) is 0 Å². The van der Waals surface area contributed by atoms with E-state index < -0.39 is 5.97 Å². The number of carbonyl (C=O) groups excluding carboxylic acids is 1. The summed E-state index contributed by atoms with van der Waals surface area (Å²) in [6.07, 6.45) is 0. The minimum atomic E-state index is -1.05. The third-order valence-electron chi connectivity index (χ3n) is 4.52. The maximum absolute atomic E-state index is 13.1. The van der Waals surface area contributed by atoms with Gasteiger partial charge in [0.15, 0.2) is 5.78 Å². The van der Waals surface area contributed by atoms with Crippen LogP contribution >= 0.6 is 11.8 Å². The highest BCUT2D eigenvalue weighted by atomic mass is 32.2. The molecule has 0 atom stereocenters. The second-order valence-corrected chi connectivity index (χ2v) is 7.23. The van der Waals surface area contributed by atoms with Gasteiger partial charge in [-0.05, 0) is 36.4 Å². The topological polar surface area (TPSA) is 77.8 Å². The van der Waals surface area contributed by atoms with Crippen LogP contribution in [-0.4, -0.2) is 29.0 Å². The SMILES string of the molecule is CN1c2ccccc2Sc2ccc(O)c(C(=O)c3ccc(C(=O)O)cc3)c21. The molecule has 0 aliphatic carbocycles. The van der Waals surface area contributed by atoms with E-state index in [2.05, 4.69) is 0 Å². The number of anilines is 2. The highest BCUT2D eigenvalue weighted by Crippen LogP contribution is 2.50. The molecule has 0 saturated carbocycles. The molecule has 1 aliphatic rings. The summed E-state index contributed by atoms with van der Waals surface area (Å²) in [7, 11) is 1.86. The van der Waals surface area contributed by atoms with Gasteiger partial charge in [-0.3, -0.25) is 4.79 Å². The Morgan fingerprint density at radius 2 is 1.56 bits per heavy atom. The van der Waals surface area contributed by atoms with Crippen LogP contribution in [0, 0.1) is 0 Å². The first-order chi connectivity index (χ1) is 13.0. The fraction of sp³-hybridized carbons (Fsp3) is 0.0476. The van der Waals surface area contributed by atoms with E-state index >= 15 is 0 Å². The first kappa shape index (κ1) is 17.2. The molecule has 0 radical (unpaired) electrons. The van der Waals surface area contributed by atoms with Crippen LogP contribution in [0.25, 0.3) is 0 Å². The maximum Gasteiger partial charge on any atom is 0.335 e. The van der Waals surface area contributed by atoms with Crippen LogP contribution in [0.2, 0.25) is 0 Å². The van der Waals surface area contributed by atoms with Crippen LogP contribution in [0.3, 0.4) is 0 Å². The van der Waals surface area contributed by atoms with Gasteiger partial charge in [-0.15, -0.1) is 0 Å². The van der Waals surface area contributed by atoms with E-state index in [1.807, 2.05) is 36.2 Å². The first-order valence-electron chi connectivity index (χ1n) is 8.22. The number of hydrogen-bond acceptors (Lipinski definition) is 5. The normalized spacial score (nSPS) is 12.3. The average molecular weight is 377 g/mol. The Bertz CT molecular complexity index is 1080. The van der Waals surface area contributed by atoms with Gasteiger partial charge in [-0.2, -0.15) is 0 Å². The minimum Gasteiger partial charge on any atom is -0.507 e. The van der Waals surface area contributed by atoms with Gasteiger partial charge in [-0.1, -0.05) is 36.0 Å². The minimum absolute atomic E-state index is 0.104. The maximum atomic E-state index is 13.1. The molecule has 3 aromatic rings. The number of hydrogen-bond donors (Lipinski definition) is 2. The molecule has 3 aromatic carbocycles. The van der Waals surface area contributed by atoms with Crippen LogP contribution in [0.15, 0.2) is 70.5 Å². The number of fused-ring (bicyclic) bond motifs is 2. The highest BCUT2D eigenvalue weighted by molar-refractivity contribution is 7.99. The highest BCUT2D eigenvalue weighted by Gasteiger charge is 2.28. The molecule has 0 saturated heterocycles. The van der Waals surface area contributed by atoms with Crippen LogP contribution < -0.4 is 4.90 Å². The molecule has 0 aromatic heterocycles. The molecule has 6 heteroatoms. The number of phenolic OH excluding ortho intramolecular Hbond substituents is 1. The predicted molar refractivity (Wildman–Crippen MR) is 104 cm³/mol. The van der Waals surface area contributed by atoms with Crippen molar-refractivity contribution in [2.75, 3.05) is 11.9 Å². The Balaban J connectivity index is 1.83. The zero-order chi connectivity index (χ0) is 19.1. The first-order valence-corrected chi connectivity index (χ1v) is 9.03. The molecule has 0 fully saturated rings. The monoisotopic (exact) mass is 377 g/mol. The summed E-state index contributed by atoms with van der Waals surface area (Å²) in [5.74, 6) is -1.51. The zero-order valence-electron chi connectivity index (χ0n) is 14.3. The molecule has 1 aliphatic heterocycles. The van der Waals surface area contributed by atoms with Gasteiger partial charge in [0.05, 0.1) is 22.5 Å². The van der Waals surface area contributed by atoms with E-state index in [0.717, 1.165) is 15.5 Å². The van der Waals surface area contributed by atoms with Crippen LogP contribution in [0.5, 0.6) is 5.75 Å². The molecule has 0 amide bonds. The van der Waals surface area contributed by atoms with Crippen molar-refractivity contribution in [2.24, 2.45) is 0 Å². The van der Waals surface area contributed by atoms with Crippen molar-refractivity contribution in [3.8, 4) is 5.75 Å². The van der Waals surface area contributed by atoms with Crippen LogP contribution in [0.1, 0.15) is 26.3 Å². The molecule has 134 valence electrons. The Kier molecular flexibility index (Phi) is 4.12. The number of para-hydroxylation sites is 1. The quantitative estimate of drug-likeness (QED) is 0.652. The molecule has 5 nitrogen and oxygen atoms in total. The summed E-state index contributed by atoms with van der Waals surface area (Å²) in [6, 6.07) is 16.9. The Morgan fingerprint density at radius 3 is 2.26 bits per heavy atom. The number of ketones is 1. The molecule has 27 heavy (non-hydrogen) atoms. The van der Waals surface area contributed by atoms with Crippen molar-refractivity contribution in [2.45, 2.75) is 9.79 Å². The fourth-order valence-electron chi connectivity index (χ4n) is 3.17. The summed E-state index contributed by atoms with van der Waals surface area (Å²) in [5.41, 5.74) is 2.23. The van der Waals surface area contributed by atoms with Gasteiger partial charge in [-0.25, -0.2) is 4.79 Å². The van der Waals surface area contributed by atoms with Crippen molar-refractivity contribution in [3.63, 3.8) is 0 Å². The van der Waals surface area contributed by atoms with E-state index in [1.165, 1.54) is 30.3 Å². The lowest BCUT2D eigenvalue weighted by Crippen LogP contribution is -2.19. The van der Waals surface area contributed by atoms with Gasteiger partial charge < -0.3 is 15.1 Å². The van der Waals surface area contributed by atoms with Gasteiger partial charge in [0.1, 0.15) is 5.75 Å². The lowest BCUT2D eigenvalue weighted by molar-refractivity contribution is 0.0696. The summed E-state index contributed by atoms with van der Waals surface area (Å²) < 4.78 is 0. The third kappa shape index (κ3) is 2.84. The standard InChI is InChI=1S/C21H15NO4S/c1-22-14-4-2-3-5-16(14)27-17-11-10-15(23)18(19(17)22)20(24)12-6-8-13(9-7-12)21(25)26/h2-11,23H,1H3,(H,25,26). The molecule has 0 bridgehead atoms. The van der Waals surface area contributed by atoms with Gasteiger partial charge in [0, 0.05) is 22.4 Å². The van der Waals surface area contributed by atoms with Crippen molar-refractivity contribution in [1.29, 1.82) is 0 Å². The second-order valence-electron chi connectivity index (χ2n) is 6.15. The largest absolute Gasteiger partial charge is 0.507 e. The number of nitrogens with zero attached hydrogens (tertiary/aromatic N) is 1. The van der Waals surface area contributed by atoms with Gasteiger partial charge >= 0.3 is 5.97 Å². The van der Waals surface area contributed by atoms with Gasteiger partial charge in [0.25, 0.3) is 0 Å². The number of aromatic carboxylic acids is 1. The van der Waals surface area contributed by atoms with Crippen molar-refractivity contribution >= 4 is 34.9 Å². The molecule has 2 N–H and O–H groups in total. The number of carbonyl (C=O) groups is 2. The van der Waals surface area contributed by atoms with Crippen molar-refractivity contribution in [1.82, 2.24) is 0 Å². The van der Waals surface area contributed by atoms with Crippen LogP contribution in [-0.2, 0) is 0 Å². The Hall–Kier alpha value is -3.25. The molecular formula is C21H15NO4S. The lowest BCUT2D eigenvalue weighted by Gasteiger charge is -2.31. The Morgan fingerprint density at radius 1 is 0.889 bits per heavy atom. The fourth-order valence-corrected chi connectivity index (χ4v) is 4.33. The summed E-state index contributed by atoms with van der Waals surface area (Å²) >= 11 is 1.55. The average Bonchev–Trinajstić information content (AvgIpc) is 2.68. The van der Waals surface area contributed by atoms with Crippen molar-refractivity contribution < 1.29 is 19.8 Å². The number of benzene rings is 3. The summed E-state index contributed by atoms with van der Waals surface area (Å²) in [6.45, 7) is 0. The number of carboxylic acid groups (broad SMARTS) is 1. The van der Waals surface area contributed by atoms with Crippen LogP contribution in [0.4, 0.5) is 11.4 Å². The Labute approximate surface area is 159 Å². The van der Waals surface area contributed by atoms with E-state index in [9.17, 15) is 14.7 Å². The van der Waals surface area contributed by atoms with E-state index in [4.69, 9.17) is 5.11 Å². The number of rotatable bonds is 3. The molecule has 4 rings (SSSR count). The number of carboxylic acids is 1. The van der Waals surface area contributed by atoms with Crippen molar-refractivity contribution in [3.05, 3.63) is 77.4 Å². The summed E-state index contributed by atoms with van der Waals surface area (Å²) in [4.78, 5) is 28.0. The molecular weight excluding hydrogens is 362 g/mol. The zero-order valence-corrected chi connectivity index (χ0v) is 15.2. The molecule has 0 spiro atoms. The predicted octanol–water partition coefficient (Wildman–Crippen LogP) is 4.55. The number of phenols is 1. The molecule has 1 heterocycles. The van der Waals surface area contributed by atoms with E-state index in [-0.39, 0.29) is 22.7 Å². The number of aromatic hydroxyl groups is 1. The smallest absolute Gasteiger partial charge is 0.335 e. The third-order valence-corrected chi connectivity index (χ3v) is 5.64.